The first-order valence-electron chi connectivity index (χ1n) is 10.2. The van der Waals surface area contributed by atoms with E-state index < -0.39 is 0 Å². The van der Waals surface area contributed by atoms with Gasteiger partial charge in [-0.1, -0.05) is 19.6 Å². The number of allylic oxidation sites excluding steroid dienone is 3. The lowest BCUT2D eigenvalue weighted by Crippen LogP contribution is -2.43. The van der Waals surface area contributed by atoms with E-state index in [1.54, 1.807) is 17.1 Å². The quantitative estimate of drug-likeness (QED) is 0.505. The van der Waals surface area contributed by atoms with Gasteiger partial charge in [-0.25, -0.2) is 9.78 Å². The molecule has 0 bridgehead atoms. The summed E-state index contributed by atoms with van der Waals surface area (Å²) in [4.78, 5) is 35.1. The minimum atomic E-state index is -0.348. The molecule has 0 atom stereocenters. The van der Waals surface area contributed by atoms with Gasteiger partial charge in [0, 0.05) is 25.3 Å². The molecular weight excluding hydrogens is 398 g/mol. The van der Waals surface area contributed by atoms with Crippen molar-refractivity contribution in [3.63, 3.8) is 0 Å². The van der Waals surface area contributed by atoms with Crippen molar-refractivity contribution in [1.29, 1.82) is 0 Å². The first-order valence-corrected chi connectivity index (χ1v) is 10.2. The molecule has 1 saturated heterocycles. The van der Waals surface area contributed by atoms with Crippen LogP contribution in [-0.4, -0.2) is 59.6 Å². The molecule has 0 unspecified atom stereocenters. The number of ether oxygens (including phenoxy) is 2. The van der Waals surface area contributed by atoms with Crippen LogP contribution in [0.15, 0.2) is 41.1 Å². The molecule has 1 fully saturated rings. The van der Waals surface area contributed by atoms with Crippen LogP contribution in [0.2, 0.25) is 0 Å². The zero-order valence-electron chi connectivity index (χ0n) is 18.0. The highest BCUT2D eigenvalue weighted by Gasteiger charge is 2.25. The number of hydrogen-bond donors (Lipinski definition) is 2. The fraction of sp³-hybridized carbons (Fsp3) is 0.455. The smallest absolute Gasteiger partial charge is 0.409 e. The molecule has 2 aliphatic rings. The fourth-order valence-electron chi connectivity index (χ4n) is 3.22. The van der Waals surface area contributed by atoms with Crippen LogP contribution in [0.4, 0.5) is 16.6 Å². The third kappa shape index (κ3) is 5.54. The molecule has 164 valence electrons. The molecule has 1 amide bonds. The molecule has 0 spiro atoms. The predicted octanol–water partition coefficient (Wildman–Crippen LogP) is 2.69. The number of methoxy groups -OCH3 is 1. The minimum absolute atomic E-state index is 0.0760. The van der Waals surface area contributed by atoms with Gasteiger partial charge in [0.15, 0.2) is 5.76 Å². The average Bonchev–Trinajstić information content (AvgIpc) is 2.77. The lowest BCUT2D eigenvalue weighted by atomic mass is 10.0. The molecule has 31 heavy (non-hydrogen) atoms. The van der Waals surface area contributed by atoms with Crippen molar-refractivity contribution in [2.45, 2.75) is 32.7 Å². The lowest BCUT2D eigenvalue weighted by molar-refractivity contribution is 0.0844. The van der Waals surface area contributed by atoms with E-state index in [2.05, 4.69) is 26.7 Å². The van der Waals surface area contributed by atoms with Gasteiger partial charge in [0.2, 0.25) is 11.7 Å². The molecule has 1 aliphatic carbocycles. The zero-order valence-corrected chi connectivity index (χ0v) is 18.0. The van der Waals surface area contributed by atoms with Gasteiger partial charge in [0.05, 0.1) is 24.9 Å². The molecule has 0 aromatic carbocycles. The number of carbonyl (C=O) groups excluding carboxylic acids is 2. The summed E-state index contributed by atoms with van der Waals surface area (Å²) in [5.74, 6) is 0.661. The Hall–Kier alpha value is -3.54. The van der Waals surface area contributed by atoms with Crippen LogP contribution in [0.1, 0.15) is 37.0 Å². The third-order valence-corrected chi connectivity index (χ3v) is 4.90. The van der Waals surface area contributed by atoms with Crippen LogP contribution in [0.25, 0.3) is 0 Å². The number of aromatic nitrogens is 2. The monoisotopic (exact) mass is 425 g/mol. The molecule has 9 heteroatoms. The Morgan fingerprint density at radius 1 is 1.35 bits per heavy atom. The van der Waals surface area contributed by atoms with E-state index in [1.807, 2.05) is 13.8 Å². The van der Waals surface area contributed by atoms with Crippen molar-refractivity contribution in [2.75, 3.05) is 37.9 Å². The number of anilines is 2. The number of piperidine rings is 1. The molecule has 1 aromatic heterocycles. The van der Waals surface area contributed by atoms with E-state index in [0.29, 0.717) is 37.1 Å². The van der Waals surface area contributed by atoms with E-state index in [9.17, 15) is 9.59 Å². The fourth-order valence-corrected chi connectivity index (χ4v) is 3.22. The Morgan fingerprint density at radius 2 is 2.10 bits per heavy atom. The number of nitrogens with zero attached hydrogens (tertiary/aromatic N) is 3. The Kier molecular flexibility index (Phi) is 7.13. The first-order chi connectivity index (χ1) is 14.9. The third-order valence-electron chi connectivity index (χ3n) is 4.90. The molecule has 1 aliphatic heterocycles. The molecule has 9 nitrogen and oxygen atoms in total. The van der Waals surface area contributed by atoms with Crippen LogP contribution in [0.3, 0.4) is 0 Å². The summed E-state index contributed by atoms with van der Waals surface area (Å²) in [7, 11) is 1.46. The molecule has 3 rings (SSSR count). The van der Waals surface area contributed by atoms with Crippen LogP contribution < -0.4 is 11.1 Å². The van der Waals surface area contributed by atoms with E-state index in [1.165, 1.54) is 13.3 Å². The van der Waals surface area contributed by atoms with Crippen molar-refractivity contribution in [3.05, 3.63) is 46.7 Å². The van der Waals surface area contributed by atoms with Crippen molar-refractivity contribution in [1.82, 2.24) is 14.9 Å². The number of likely N-dealkylation sites (tertiary alicyclic amines) is 1. The number of carbonyl (C=O) groups is 2. The van der Waals surface area contributed by atoms with Gasteiger partial charge in [0.25, 0.3) is 0 Å². The van der Waals surface area contributed by atoms with Crippen molar-refractivity contribution in [2.24, 2.45) is 5.92 Å². The highest BCUT2D eigenvalue weighted by atomic mass is 16.6. The maximum atomic E-state index is 12.8. The summed E-state index contributed by atoms with van der Waals surface area (Å²) >= 11 is 0. The van der Waals surface area contributed by atoms with E-state index in [0.717, 1.165) is 12.8 Å². The summed E-state index contributed by atoms with van der Waals surface area (Å²) in [6.45, 7) is 5.59. The number of Topliss-reactive ketones (excluding diaryl/α,β-unsaturated/α-hetero) is 1. The van der Waals surface area contributed by atoms with Gasteiger partial charge in [0.1, 0.15) is 5.82 Å². The van der Waals surface area contributed by atoms with Crippen LogP contribution in [0.5, 0.6) is 0 Å². The summed E-state index contributed by atoms with van der Waals surface area (Å²) in [6.07, 6.45) is 5.75. The first kappa shape index (κ1) is 22.2. The summed E-state index contributed by atoms with van der Waals surface area (Å²) in [5.41, 5.74) is 12.0. The highest BCUT2D eigenvalue weighted by Crippen LogP contribution is 2.22. The summed E-state index contributed by atoms with van der Waals surface area (Å²) < 4.78 is 10.4. The van der Waals surface area contributed by atoms with Gasteiger partial charge in [-0.3, -0.25) is 4.79 Å². The maximum absolute atomic E-state index is 12.8. The number of nitrogens with one attached hydrogen (secondary N) is 1. The largest absolute Gasteiger partial charge is 0.488 e. The second-order valence-electron chi connectivity index (χ2n) is 7.75. The van der Waals surface area contributed by atoms with E-state index in [-0.39, 0.29) is 35.1 Å². The highest BCUT2D eigenvalue weighted by molar-refractivity contribution is 6.13. The van der Waals surface area contributed by atoms with Gasteiger partial charge in [-0.15, -0.1) is 0 Å². The Bertz CT molecular complexity index is 980. The van der Waals surface area contributed by atoms with Crippen LogP contribution >= 0.6 is 0 Å². The van der Waals surface area contributed by atoms with Gasteiger partial charge in [-0.05, 0) is 36.6 Å². The van der Waals surface area contributed by atoms with Gasteiger partial charge < -0.3 is 25.4 Å². The number of ketones is 1. The van der Waals surface area contributed by atoms with Crippen molar-refractivity contribution in [3.8, 4) is 0 Å². The van der Waals surface area contributed by atoms with E-state index in [4.69, 9.17) is 15.2 Å². The summed E-state index contributed by atoms with van der Waals surface area (Å²) in [6, 6.07) is 0.0921. The molecular formula is C22H27N5O4. The summed E-state index contributed by atoms with van der Waals surface area (Å²) in [5, 5.41) is 3.23. The minimum Gasteiger partial charge on any atom is -0.488 e. The SMILES string of the molecule is COC1=C=C=CC=C1C(=O)c1cnc(NC2CCN(C(=O)OCC(C)C)CC2)nc1N. The van der Waals surface area contributed by atoms with Crippen LogP contribution in [-0.2, 0) is 9.47 Å². The number of amides is 1. The average molecular weight is 425 g/mol. The molecule has 1 aromatic rings. The predicted molar refractivity (Wildman–Crippen MR) is 115 cm³/mol. The second kappa shape index (κ2) is 9.98. The Balaban J connectivity index is 1.57. The van der Waals surface area contributed by atoms with E-state index >= 15 is 0 Å². The van der Waals surface area contributed by atoms with Crippen molar-refractivity contribution < 1.29 is 19.1 Å². The number of hydrogen-bond acceptors (Lipinski definition) is 8. The molecule has 3 N–H and O–H groups in total. The Morgan fingerprint density at radius 3 is 2.74 bits per heavy atom. The van der Waals surface area contributed by atoms with Crippen molar-refractivity contribution >= 4 is 23.6 Å². The molecule has 0 saturated carbocycles. The Labute approximate surface area is 181 Å². The van der Waals surface area contributed by atoms with Crippen LogP contribution in [0, 0.1) is 5.92 Å². The second-order valence-corrected chi connectivity index (χ2v) is 7.75. The number of rotatable bonds is 7. The topological polar surface area (TPSA) is 120 Å². The van der Waals surface area contributed by atoms with Gasteiger partial charge >= 0.3 is 6.09 Å². The standard InChI is InChI=1S/C22H27N5O4/c1-14(2)13-31-22(29)27-10-8-15(9-11-27)25-21-24-12-17(20(23)26-21)19(28)16-6-4-5-7-18(16)30-3/h4,6,12,14-15H,8-11,13H2,1-3H3,(H3,23,24,25,26). The zero-order chi connectivity index (χ0) is 22.4. The molecule has 2 heterocycles. The lowest BCUT2D eigenvalue weighted by Gasteiger charge is -2.31. The molecule has 0 radical (unpaired) electrons. The normalized spacial score (nSPS) is 16.1. The number of nitrogen functional groups attached to an aromatic ring is 1. The number of nitrogens with two attached hydrogens (primary N) is 1. The van der Waals surface area contributed by atoms with Gasteiger partial charge in [-0.2, -0.15) is 4.98 Å². The maximum Gasteiger partial charge on any atom is 0.409 e.